The third-order valence-electron chi connectivity index (χ3n) is 6.49. The molecule has 0 N–H and O–H groups in total. The number of esters is 1. The SMILES string of the molecule is COc1ccc([S+](c2ccc(C)cc2)c2ccc(CCOCCCN(C)C3CCOC3=O)cc2)cc1. The van der Waals surface area contributed by atoms with Crippen LogP contribution in [0.15, 0.2) is 87.5 Å². The molecular weight excluding hydrogens is 470 g/mol. The summed E-state index contributed by atoms with van der Waals surface area (Å²) in [6.45, 7) is 4.88. The second-order valence-corrected chi connectivity index (χ2v) is 11.1. The number of hydrogen-bond acceptors (Lipinski definition) is 5. The first-order chi connectivity index (χ1) is 17.5. The maximum absolute atomic E-state index is 11.7. The Morgan fingerprint density at radius 1 is 0.917 bits per heavy atom. The van der Waals surface area contributed by atoms with Crippen molar-refractivity contribution in [2.45, 2.75) is 46.9 Å². The molecular formula is C30H36NO4S+. The summed E-state index contributed by atoms with van der Waals surface area (Å²) in [5.41, 5.74) is 2.53. The standard InChI is InChI=1S/C30H36NO4S/c1-23-5-11-26(12-6-23)36(28-15-9-25(33-3)10-16-28)27-13-7-24(8-14-27)17-21-34-20-4-19-31(2)29-18-22-35-30(29)32/h5-16,29H,4,17-22H2,1-3H3/q+1. The van der Waals surface area contributed by atoms with Gasteiger partial charge in [0.1, 0.15) is 11.8 Å². The number of hydrogen-bond donors (Lipinski definition) is 0. The smallest absolute Gasteiger partial charge is 0.323 e. The lowest BCUT2D eigenvalue weighted by Crippen LogP contribution is -2.36. The molecule has 5 nitrogen and oxygen atoms in total. The Balaban J connectivity index is 1.31. The molecule has 0 aromatic heterocycles. The van der Waals surface area contributed by atoms with Crippen LogP contribution in [-0.2, 0) is 31.6 Å². The van der Waals surface area contributed by atoms with E-state index in [1.54, 1.807) is 7.11 Å². The van der Waals surface area contributed by atoms with Gasteiger partial charge in [-0.25, -0.2) is 0 Å². The molecule has 2 atom stereocenters. The minimum absolute atomic E-state index is 0.0918. The van der Waals surface area contributed by atoms with E-state index < -0.39 is 0 Å². The highest BCUT2D eigenvalue weighted by Crippen LogP contribution is 2.32. The summed E-state index contributed by atoms with van der Waals surface area (Å²) in [7, 11) is 3.50. The van der Waals surface area contributed by atoms with Crippen molar-refractivity contribution in [1.82, 2.24) is 4.90 Å². The number of rotatable bonds is 12. The van der Waals surface area contributed by atoms with Crippen LogP contribution in [0.3, 0.4) is 0 Å². The molecule has 0 radical (unpaired) electrons. The zero-order valence-electron chi connectivity index (χ0n) is 21.4. The summed E-state index contributed by atoms with van der Waals surface area (Å²) < 4.78 is 16.3. The molecule has 190 valence electrons. The number of nitrogens with zero attached hydrogens (tertiary/aromatic N) is 1. The summed E-state index contributed by atoms with van der Waals surface area (Å²) >= 11 is 0. The number of cyclic esters (lactones) is 1. The Bertz CT molecular complexity index is 1100. The van der Waals surface area contributed by atoms with E-state index in [2.05, 4.69) is 72.5 Å². The van der Waals surface area contributed by atoms with Gasteiger partial charge in [-0.05, 0) is 80.9 Å². The molecule has 1 aliphatic heterocycles. The Kier molecular flexibility index (Phi) is 9.45. The van der Waals surface area contributed by atoms with Gasteiger partial charge in [-0.2, -0.15) is 0 Å². The highest BCUT2D eigenvalue weighted by molar-refractivity contribution is 7.97. The quantitative estimate of drug-likeness (QED) is 0.190. The Morgan fingerprint density at radius 2 is 1.53 bits per heavy atom. The van der Waals surface area contributed by atoms with E-state index in [1.165, 1.54) is 25.8 Å². The topological polar surface area (TPSA) is 48.0 Å². The lowest BCUT2D eigenvalue weighted by molar-refractivity contribution is -0.142. The number of ether oxygens (including phenoxy) is 3. The minimum Gasteiger partial charge on any atom is -0.497 e. The van der Waals surface area contributed by atoms with Crippen LogP contribution in [-0.4, -0.2) is 57.4 Å². The molecule has 6 heteroatoms. The Morgan fingerprint density at radius 3 is 2.11 bits per heavy atom. The summed E-state index contributed by atoms with van der Waals surface area (Å²) in [4.78, 5) is 17.6. The molecule has 1 saturated heterocycles. The number of benzene rings is 3. The lowest BCUT2D eigenvalue weighted by atomic mass is 10.2. The van der Waals surface area contributed by atoms with Crippen LogP contribution >= 0.6 is 0 Å². The van der Waals surface area contributed by atoms with Crippen LogP contribution in [0.4, 0.5) is 0 Å². The molecule has 2 unspecified atom stereocenters. The number of aryl methyl sites for hydroxylation is 1. The molecule has 1 aliphatic rings. The molecule has 0 amide bonds. The van der Waals surface area contributed by atoms with Crippen molar-refractivity contribution in [2.75, 3.05) is 40.5 Å². The van der Waals surface area contributed by atoms with E-state index in [1.807, 2.05) is 19.2 Å². The predicted molar refractivity (Wildman–Crippen MR) is 144 cm³/mol. The fourth-order valence-electron chi connectivity index (χ4n) is 4.34. The summed E-state index contributed by atoms with van der Waals surface area (Å²) in [6, 6.07) is 26.1. The highest BCUT2D eigenvalue weighted by Gasteiger charge is 2.30. The van der Waals surface area contributed by atoms with Gasteiger partial charge in [0.25, 0.3) is 0 Å². The van der Waals surface area contributed by atoms with Crippen molar-refractivity contribution in [2.24, 2.45) is 0 Å². The molecule has 4 rings (SSSR count). The van der Waals surface area contributed by atoms with Crippen molar-refractivity contribution in [1.29, 1.82) is 0 Å². The van der Waals surface area contributed by atoms with E-state index in [0.717, 1.165) is 31.6 Å². The van der Waals surface area contributed by atoms with Crippen LogP contribution in [0, 0.1) is 6.92 Å². The van der Waals surface area contributed by atoms with Gasteiger partial charge in [0, 0.05) is 19.6 Å². The largest absolute Gasteiger partial charge is 0.497 e. The molecule has 1 heterocycles. The van der Waals surface area contributed by atoms with Crippen LogP contribution in [0.25, 0.3) is 0 Å². The zero-order valence-corrected chi connectivity index (χ0v) is 22.3. The van der Waals surface area contributed by atoms with Gasteiger partial charge in [0.05, 0.1) is 31.2 Å². The molecule has 3 aromatic carbocycles. The second kappa shape index (κ2) is 12.9. The monoisotopic (exact) mass is 506 g/mol. The third-order valence-corrected chi connectivity index (χ3v) is 8.72. The van der Waals surface area contributed by atoms with Gasteiger partial charge in [-0.3, -0.25) is 9.69 Å². The predicted octanol–water partition coefficient (Wildman–Crippen LogP) is 5.30. The van der Waals surface area contributed by atoms with Crippen molar-refractivity contribution in [3.05, 3.63) is 83.9 Å². The maximum atomic E-state index is 11.7. The average Bonchev–Trinajstić information content (AvgIpc) is 3.34. The van der Waals surface area contributed by atoms with Crippen molar-refractivity contribution in [3.63, 3.8) is 0 Å². The first-order valence-corrected chi connectivity index (χ1v) is 13.8. The molecule has 0 bridgehead atoms. The van der Waals surface area contributed by atoms with Crippen molar-refractivity contribution in [3.8, 4) is 5.75 Å². The summed E-state index contributed by atoms with van der Waals surface area (Å²) in [6.07, 6.45) is 2.57. The normalized spacial score (nSPS) is 16.2. The van der Waals surface area contributed by atoms with Gasteiger partial charge >= 0.3 is 5.97 Å². The van der Waals surface area contributed by atoms with E-state index in [9.17, 15) is 4.79 Å². The van der Waals surface area contributed by atoms with Crippen molar-refractivity contribution < 1.29 is 19.0 Å². The van der Waals surface area contributed by atoms with E-state index in [0.29, 0.717) is 19.8 Å². The molecule has 3 aromatic rings. The number of methoxy groups -OCH3 is 1. The summed E-state index contributed by atoms with van der Waals surface area (Å²) in [5.74, 6) is 0.772. The van der Waals surface area contributed by atoms with E-state index in [-0.39, 0.29) is 22.9 Å². The van der Waals surface area contributed by atoms with E-state index >= 15 is 0 Å². The van der Waals surface area contributed by atoms with Crippen molar-refractivity contribution >= 4 is 16.9 Å². The maximum Gasteiger partial charge on any atom is 0.323 e. The highest BCUT2D eigenvalue weighted by atomic mass is 32.2. The summed E-state index contributed by atoms with van der Waals surface area (Å²) in [5, 5.41) is 0. The average molecular weight is 507 g/mol. The minimum atomic E-state index is -0.184. The molecule has 0 aliphatic carbocycles. The zero-order chi connectivity index (χ0) is 25.3. The van der Waals surface area contributed by atoms with Gasteiger partial charge in [0.15, 0.2) is 14.7 Å². The van der Waals surface area contributed by atoms with Crippen LogP contribution in [0.1, 0.15) is 24.0 Å². The Hall–Kier alpha value is -2.80. The molecule has 0 spiro atoms. The number of likely N-dealkylation sites (N-methyl/N-ethyl adjacent to an activating group) is 1. The first-order valence-electron chi connectivity index (χ1n) is 12.5. The first kappa shape index (κ1) is 26.3. The van der Waals surface area contributed by atoms with E-state index in [4.69, 9.17) is 14.2 Å². The molecule has 1 fully saturated rings. The fourth-order valence-corrected chi connectivity index (χ4v) is 6.38. The van der Waals surface area contributed by atoms with Crippen LogP contribution in [0.5, 0.6) is 5.75 Å². The Labute approximate surface area is 217 Å². The van der Waals surface area contributed by atoms with Gasteiger partial charge in [0.2, 0.25) is 0 Å². The fraction of sp³-hybridized carbons (Fsp3) is 0.367. The van der Waals surface area contributed by atoms with Gasteiger partial charge in [-0.15, -0.1) is 0 Å². The molecule has 0 saturated carbocycles. The van der Waals surface area contributed by atoms with Gasteiger partial charge in [-0.1, -0.05) is 29.8 Å². The molecule has 36 heavy (non-hydrogen) atoms. The second-order valence-electron chi connectivity index (χ2n) is 9.11. The number of carbonyl (C=O) groups is 1. The third kappa shape index (κ3) is 6.90. The van der Waals surface area contributed by atoms with Crippen LogP contribution in [0.2, 0.25) is 0 Å². The lowest BCUT2D eigenvalue weighted by Gasteiger charge is -2.20. The number of carbonyl (C=O) groups excluding carboxylic acids is 1. The van der Waals surface area contributed by atoms with Gasteiger partial charge < -0.3 is 14.2 Å². The van der Waals surface area contributed by atoms with Crippen LogP contribution < -0.4 is 4.74 Å².